The van der Waals surface area contributed by atoms with E-state index in [1.807, 2.05) is 30.5 Å². The quantitative estimate of drug-likeness (QED) is 0.434. The summed E-state index contributed by atoms with van der Waals surface area (Å²) in [6.07, 6.45) is 8.90. The van der Waals surface area contributed by atoms with Crippen molar-refractivity contribution in [1.82, 2.24) is 19.7 Å². The topological polar surface area (TPSA) is 56.1 Å². The van der Waals surface area contributed by atoms with Gasteiger partial charge in [0.25, 0.3) is 0 Å². The Hall–Kier alpha value is -2.96. The average molecular weight is 445 g/mol. The number of hydrogen-bond donors (Lipinski definition) is 0. The van der Waals surface area contributed by atoms with Crippen molar-refractivity contribution in [3.63, 3.8) is 0 Å². The second kappa shape index (κ2) is 8.19. The van der Waals surface area contributed by atoms with Crippen molar-refractivity contribution < 1.29 is 4.74 Å². The lowest BCUT2D eigenvalue weighted by Gasteiger charge is -2.27. The molecule has 2 aliphatic rings. The molecule has 7 heteroatoms. The fourth-order valence-electron chi connectivity index (χ4n) is 4.38. The number of morpholine rings is 1. The molecule has 0 spiro atoms. The average Bonchev–Trinajstić information content (AvgIpc) is 3.21. The van der Waals surface area contributed by atoms with E-state index in [4.69, 9.17) is 21.3 Å². The Kier molecular flexibility index (Phi) is 5.04. The summed E-state index contributed by atoms with van der Waals surface area (Å²) < 4.78 is 7.68. The van der Waals surface area contributed by atoms with Gasteiger partial charge in [-0.3, -0.25) is 4.68 Å². The van der Waals surface area contributed by atoms with E-state index in [2.05, 4.69) is 44.1 Å². The van der Waals surface area contributed by atoms with Gasteiger partial charge in [-0.25, -0.2) is 9.97 Å². The fraction of sp³-hybridized carbons (Fsp3) is 0.320. The Labute approximate surface area is 191 Å². The first kappa shape index (κ1) is 19.7. The number of benzene rings is 2. The highest BCUT2D eigenvalue weighted by atomic mass is 35.5. The lowest BCUT2D eigenvalue weighted by molar-refractivity contribution is 0.122. The molecule has 0 unspecified atom stereocenters. The van der Waals surface area contributed by atoms with Crippen molar-refractivity contribution >= 4 is 28.5 Å². The van der Waals surface area contributed by atoms with Gasteiger partial charge in [-0.1, -0.05) is 35.9 Å². The molecule has 1 aliphatic heterocycles. The van der Waals surface area contributed by atoms with Crippen LogP contribution in [0.4, 0.5) is 5.95 Å². The van der Waals surface area contributed by atoms with Gasteiger partial charge in [-0.15, -0.1) is 0 Å². The maximum Gasteiger partial charge on any atom is 0.226 e. The molecule has 0 amide bonds. The highest BCUT2D eigenvalue weighted by molar-refractivity contribution is 6.30. The molecule has 161 valence electrons. The number of rotatable bonds is 4. The second-order valence-electron chi connectivity index (χ2n) is 8.41. The van der Waals surface area contributed by atoms with Crippen LogP contribution in [0.15, 0.2) is 48.7 Å². The smallest absolute Gasteiger partial charge is 0.226 e. The minimum atomic E-state index is 0.499. The Morgan fingerprint density at radius 3 is 2.53 bits per heavy atom. The predicted molar refractivity (Wildman–Crippen MR) is 126 cm³/mol. The van der Waals surface area contributed by atoms with Crippen molar-refractivity contribution in [1.29, 1.82) is 0 Å². The largest absolute Gasteiger partial charge is 0.378 e. The third-order valence-electron chi connectivity index (χ3n) is 6.44. The van der Waals surface area contributed by atoms with Crippen molar-refractivity contribution in [3.05, 3.63) is 59.9 Å². The summed E-state index contributed by atoms with van der Waals surface area (Å²) in [5, 5.41) is 6.53. The first-order valence-electron chi connectivity index (χ1n) is 11.1. The van der Waals surface area contributed by atoms with E-state index < -0.39 is 0 Å². The van der Waals surface area contributed by atoms with Crippen LogP contribution in [0.25, 0.3) is 33.3 Å². The number of nitrogens with zero attached hydrogens (tertiary/aromatic N) is 5. The van der Waals surface area contributed by atoms with E-state index in [0.717, 1.165) is 46.4 Å². The highest BCUT2D eigenvalue weighted by Gasteiger charge is 2.23. The molecular weight excluding hydrogens is 422 g/mol. The zero-order valence-corrected chi connectivity index (χ0v) is 18.4. The number of anilines is 1. The second-order valence-corrected chi connectivity index (χ2v) is 8.85. The van der Waals surface area contributed by atoms with Gasteiger partial charge < -0.3 is 9.64 Å². The summed E-state index contributed by atoms with van der Waals surface area (Å²) in [4.78, 5) is 11.8. The number of fused-ring (bicyclic) bond motifs is 1. The molecule has 6 rings (SSSR count). The van der Waals surface area contributed by atoms with Crippen molar-refractivity contribution in [2.45, 2.75) is 25.3 Å². The Morgan fingerprint density at radius 2 is 1.78 bits per heavy atom. The number of halogens is 1. The van der Waals surface area contributed by atoms with Gasteiger partial charge in [0.1, 0.15) is 6.20 Å². The third kappa shape index (κ3) is 3.53. The highest BCUT2D eigenvalue weighted by Crippen LogP contribution is 2.37. The van der Waals surface area contributed by atoms with Crippen LogP contribution >= 0.6 is 11.6 Å². The maximum atomic E-state index is 6.13. The van der Waals surface area contributed by atoms with Crippen LogP contribution in [0.2, 0.25) is 5.02 Å². The molecule has 4 aromatic rings. The molecule has 1 saturated carbocycles. The lowest BCUT2D eigenvalue weighted by Crippen LogP contribution is -2.37. The molecule has 1 saturated heterocycles. The summed E-state index contributed by atoms with van der Waals surface area (Å²) in [6, 6.07) is 14.7. The summed E-state index contributed by atoms with van der Waals surface area (Å²) in [5.41, 5.74) is 4.92. The first-order chi connectivity index (χ1) is 15.8. The van der Waals surface area contributed by atoms with Crippen molar-refractivity contribution in [2.24, 2.45) is 0 Å². The van der Waals surface area contributed by atoms with E-state index in [0.29, 0.717) is 30.2 Å². The summed E-state index contributed by atoms with van der Waals surface area (Å²) in [7, 11) is 0. The zero-order chi connectivity index (χ0) is 21.5. The molecule has 0 N–H and O–H groups in total. The van der Waals surface area contributed by atoms with E-state index in [-0.39, 0.29) is 0 Å². The van der Waals surface area contributed by atoms with Crippen LogP contribution in [-0.2, 0) is 4.74 Å². The molecule has 2 aromatic heterocycles. The number of hydrogen-bond acceptors (Lipinski definition) is 5. The van der Waals surface area contributed by atoms with E-state index in [9.17, 15) is 0 Å². The molecule has 2 fully saturated rings. The molecule has 6 nitrogen and oxygen atoms in total. The van der Waals surface area contributed by atoms with Crippen LogP contribution in [0.3, 0.4) is 0 Å². The SMILES string of the molecule is Clc1ccc(-c2[c]nc(N3CCOCC3)nc2-c2ccc3cnn(C4CCC4)c3c2)cc1. The molecule has 1 radical (unpaired) electrons. The Balaban J connectivity index is 1.49. The van der Waals surface area contributed by atoms with Crippen LogP contribution in [-0.4, -0.2) is 46.1 Å². The molecular formula is C25H23ClN5O. The van der Waals surface area contributed by atoms with Crippen molar-refractivity contribution in [3.8, 4) is 22.4 Å². The summed E-state index contributed by atoms with van der Waals surface area (Å²) in [5.74, 6) is 0.689. The van der Waals surface area contributed by atoms with Gasteiger partial charge in [0.05, 0.1) is 36.7 Å². The van der Waals surface area contributed by atoms with Crippen LogP contribution in [0, 0.1) is 6.20 Å². The molecule has 32 heavy (non-hydrogen) atoms. The van der Waals surface area contributed by atoms with Gasteiger partial charge in [0, 0.05) is 34.6 Å². The number of aromatic nitrogens is 4. The minimum Gasteiger partial charge on any atom is -0.378 e. The van der Waals surface area contributed by atoms with Crippen molar-refractivity contribution in [2.75, 3.05) is 31.2 Å². The van der Waals surface area contributed by atoms with Crippen LogP contribution < -0.4 is 4.90 Å². The summed E-state index contributed by atoms with van der Waals surface area (Å²) >= 11 is 6.13. The van der Waals surface area contributed by atoms with E-state index in [1.54, 1.807) is 0 Å². The molecule has 0 atom stereocenters. The van der Waals surface area contributed by atoms with E-state index >= 15 is 0 Å². The third-order valence-corrected chi connectivity index (χ3v) is 6.69. The molecule has 1 aliphatic carbocycles. The number of ether oxygens (including phenoxy) is 1. The maximum absolute atomic E-state index is 6.13. The Morgan fingerprint density at radius 1 is 1.00 bits per heavy atom. The van der Waals surface area contributed by atoms with E-state index in [1.165, 1.54) is 19.3 Å². The molecule has 3 heterocycles. The zero-order valence-electron chi connectivity index (χ0n) is 17.7. The van der Waals surface area contributed by atoms with Gasteiger partial charge in [0.2, 0.25) is 5.95 Å². The van der Waals surface area contributed by atoms with Crippen LogP contribution in [0.1, 0.15) is 25.3 Å². The summed E-state index contributed by atoms with van der Waals surface area (Å²) in [6.45, 7) is 2.93. The molecule has 2 aromatic carbocycles. The van der Waals surface area contributed by atoms with Gasteiger partial charge in [-0.2, -0.15) is 5.10 Å². The Bertz CT molecular complexity index is 1260. The predicted octanol–water partition coefficient (Wildman–Crippen LogP) is 5.18. The van der Waals surface area contributed by atoms with Gasteiger partial charge in [-0.05, 0) is 43.0 Å². The standard InChI is InChI=1S/C25H23ClN5O/c26-20-8-6-17(7-9-20)22-16-27-25(30-10-12-32-13-11-30)29-24(22)18-4-5-19-15-28-31(23(19)14-18)21-2-1-3-21/h4-9,14-15,21H,1-3,10-13H2. The molecule has 0 bridgehead atoms. The fourth-order valence-corrected chi connectivity index (χ4v) is 4.50. The lowest BCUT2D eigenvalue weighted by atomic mass is 9.93. The van der Waals surface area contributed by atoms with Gasteiger partial charge in [0.15, 0.2) is 0 Å². The van der Waals surface area contributed by atoms with Crippen LogP contribution in [0.5, 0.6) is 0 Å². The monoisotopic (exact) mass is 444 g/mol. The van der Waals surface area contributed by atoms with Gasteiger partial charge >= 0.3 is 0 Å². The minimum absolute atomic E-state index is 0.499. The first-order valence-corrected chi connectivity index (χ1v) is 11.5. The normalized spacial score (nSPS) is 17.0.